The number of hydrogen-bond acceptors (Lipinski definition) is 4. The quantitative estimate of drug-likeness (QED) is 0.859. The van der Waals surface area contributed by atoms with E-state index in [0.29, 0.717) is 12.1 Å². The second kappa shape index (κ2) is 7.13. The first-order valence-electron chi connectivity index (χ1n) is 7.10. The molecule has 5 heteroatoms. The van der Waals surface area contributed by atoms with Crippen LogP contribution in [0.25, 0.3) is 0 Å². The molecule has 0 aliphatic rings. The van der Waals surface area contributed by atoms with Gasteiger partial charge in [0.15, 0.2) is 0 Å². The lowest BCUT2D eigenvalue weighted by Crippen LogP contribution is -2.30. The van der Waals surface area contributed by atoms with Gasteiger partial charge in [-0.2, -0.15) is 0 Å². The molecule has 0 fully saturated rings. The first-order chi connectivity index (χ1) is 10.2. The molecule has 0 atom stereocenters. The highest BCUT2D eigenvalue weighted by Gasteiger charge is 2.12. The molecule has 0 spiro atoms. The first-order valence-corrected chi connectivity index (χ1v) is 7.98. The maximum Gasteiger partial charge on any atom is 0.253 e. The maximum atomic E-state index is 12.3. The number of carbonyl (C=O) groups is 1. The van der Waals surface area contributed by atoms with Crippen LogP contribution < -0.4 is 11.1 Å². The van der Waals surface area contributed by atoms with Crippen LogP contribution in [-0.2, 0) is 6.54 Å². The van der Waals surface area contributed by atoms with E-state index in [1.807, 2.05) is 54.5 Å². The van der Waals surface area contributed by atoms with E-state index in [1.54, 1.807) is 11.3 Å². The molecule has 0 saturated heterocycles. The zero-order valence-corrected chi connectivity index (χ0v) is 13.2. The van der Waals surface area contributed by atoms with Crippen LogP contribution in [0.15, 0.2) is 35.7 Å². The molecule has 0 radical (unpaired) electrons. The third kappa shape index (κ3) is 3.76. The van der Waals surface area contributed by atoms with Gasteiger partial charge in [0.1, 0.15) is 0 Å². The SMILES string of the molecule is CCN(CC)C(=O)c1cccc(NCc2sccc2N)c1. The van der Waals surface area contributed by atoms with Crippen molar-refractivity contribution in [3.63, 3.8) is 0 Å². The van der Waals surface area contributed by atoms with Crippen molar-refractivity contribution in [3.8, 4) is 0 Å². The van der Waals surface area contributed by atoms with E-state index in [0.717, 1.165) is 29.3 Å². The number of nitrogen functional groups attached to an aromatic ring is 1. The number of hydrogen-bond donors (Lipinski definition) is 2. The topological polar surface area (TPSA) is 58.4 Å². The molecule has 2 aromatic rings. The molecule has 3 N–H and O–H groups in total. The molecule has 4 nitrogen and oxygen atoms in total. The summed E-state index contributed by atoms with van der Waals surface area (Å²) in [5.41, 5.74) is 8.32. The van der Waals surface area contributed by atoms with Crippen molar-refractivity contribution in [1.82, 2.24) is 4.90 Å². The van der Waals surface area contributed by atoms with Crippen LogP contribution in [0.5, 0.6) is 0 Å². The predicted molar refractivity (Wildman–Crippen MR) is 89.8 cm³/mol. The van der Waals surface area contributed by atoms with Crippen LogP contribution in [0.1, 0.15) is 29.1 Å². The van der Waals surface area contributed by atoms with Gasteiger partial charge < -0.3 is 16.0 Å². The number of nitrogens with zero attached hydrogens (tertiary/aromatic N) is 1. The molecule has 0 aliphatic heterocycles. The van der Waals surface area contributed by atoms with Crippen molar-refractivity contribution in [2.45, 2.75) is 20.4 Å². The Morgan fingerprint density at radius 2 is 2.05 bits per heavy atom. The summed E-state index contributed by atoms with van der Waals surface area (Å²) in [7, 11) is 0. The van der Waals surface area contributed by atoms with Crippen LogP contribution >= 0.6 is 11.3 Å². The largest absolute Gasteiger partial charge is 0.398 e. The van der Waals surface area contributed by atoms with Crippen LogP contribution in [-0.4, -0.2) is 23.9 Å². The molecule has 0 unspecified atom stereocenters. The number of anilines is 2. The fourth-order valence-corrected chi connectivity index (χ4v) is 2.87. The highest BCUT2D eigenvalue weighted by atomic mass is 32.1. The van der Waals surface area contributed by atoms with Gasteiger partial charge in [-0.1, -0.05) is 6.07 Å². The Hall–Kier alpha value is -2.01. The Bertz CT molecular complexity index is 605. The summed E-state index contributed by atoms with van der Waals surface area (Å²) in [6.07, 6.45) is 0. The van der Waals surface area contributed by atoms with Gasteiger partial charge >= 0.3 is 0 Å². The van der Waals surface area contributed by atoms with Crippen molar-refractivity contribution in [2.75, 3.05) is 24.1 Å². The number of benzene rings is 1. The van der Waals surface area contributed by atoms with Gasteiger partial charge in [0, 0.05) is 34.9 Å². The standard InChI is InChI=1S/C16H21N3OS/c1-3-19(4-2)16(20)12-6-5-7-13(10-12)18-11-15-14(17)8-9-21-15/h5-10,18H,3-4,11,17H2,1-2H3. The molecule has 1 amide bonds. The van der Waals surface area contributed by atoms with Crippen LogP contribution in [0.3, 0.4) is 0 Å². The van der Waals surface area contributed by atoms with Gasteiger partial charge in [-0.3, -0.25) is 4.79 Å². The van der Waals surface area contributed by atoms with E-state index < -0.39 is 0 Å². The van der Waals surface area contributed by atoms with Crippen LogP contribution in [0.4, 0.5) is 11.4 Å². The average molecular weight is 303 g/mol. The Morgan fingerprint density at radius 1 is 1.29 bits per heavy atom. The molecule has 0 aliphatic carbocycles. The number of nitrogens with one attached hydrogen (secondary N) is 1. The minimum absolute atomic E-state index is 0.0688. The van der Waals surface area contributed by atoms with Crippen molar-refractivity contribution < 1.29 is 4.79 Å². The Labute approximate surface area is 129 Å². The van der Waals surface area contributed by atoms with Gasteiger partial charge in [0.05, 0.1) is 6.54 Å². The van der Waals surface area contributed by atoms with Gasteiger partial charge in [-0.05, 0) is 43.5 Å². The first kappa shape index (κ1) is 15.4. The zero-order valence-electron chi connectivity index (χ0n) is 12.4. The third-order valence-corrected chi connectivity index (χ3v) is 4.33. The number of nitrogens with two attached hydrogens (primary N) is 1. The summed E-state index contributed by atoms with van der Waals surface area (Å²) < 4.78 is 0. The minimum atomic E-state index is 0.0688. The van der Waals surface area contributed by atoms with Gasteiger partial charge in [0.2, 0.25) is 0 Å². The lowest BCUT2D eigenvalue weighted by atomic mass is 10.1. The molecule has 1 aromatic heterocycles. The van der Waals surface area contributed by atoms with E-state index in [4.69, 9.17) is 5.73 Å². The second-order valence-corrected chi connectivity index (χ2v) is 5.71. The second-order valence-electron chi connectivity index (χ2n) is 4.71. The number of rotatable bonds is 6. The lowest BCUT2D eigenvalue weighted by Gasteiger charge is -2.19. The molecule has 21 heavy (non-hydrogen) atoms. The smallest absolute Gasteiger partial charge is 0.253 e. The molecular formula is C16H21N3OS. The van der Waals surface area contributed by atoms with E-state index in [-0.39, 0.29) is 5.91 Å². The molecule has 1 heterocycles. The Balaban J connectivity index is 2.07. The maximum absolute atomic E-state index is 12.3. The third-order valence-electron chi connectivity index (χ3n) is 3.39. The zero-order chi connectivity index (χ0) is 15.2. The van der Waals surface area contributed by atoms with Crippen molar-refractivity contribution in [1.29, 1.82) is 0 Å². The van der Waals surface area contributed by atoms with E-state index >= 15 is 0 Å². The van der Waals surface area contributed by atoms with Crippen molar-refractivity contribution in [2.24, 2.45) is 0 Å². The van der Waals surface area contributed by atoms with Crippen LogP contribution in [0, 0.1) is 0 Å². The van der Waals surface area contributed by atoms with Gasteiger partial charge in [-0.15, -0.1) is 11.3 Å². The van der Waals surface area contributed by atoms with Crippen molar-refractivity contribution in [3.05, 3.63) is 46.2 Å². The highest BCUT2D eigenvalue weighted by Crippen LogP contribution is 2.21. The van der Waals surface area contributed by atoms with Crippen molar-refractivity contribution >= 4 is 28.6 Å². The summed E-state index contributed by atoms with van der Waals surface area (Å²) >= 11 is 1.63. The van der Waals surface area contributed by atoms with Gasteiger partial charge in [-0.25, -0.2) is 0 Å². The summed E-state index contributed by atoms with van der Waals surface area (Å²) in [4.78, 5) is 15.2. The Kier molecular flexibility index (Phi) is 5.22. The molecule has 0 bridgehead atoms. The average Bonchev–Trinajstić information content (AvgIpc) is 2.92. The number of thiophene rings is 1. The summed E-state index contributed by atoms with van der Waals surface area (Å²) in [6, 6.07) is 9.51. The van der Waals surface area contributed by atoms with E-state index in [1.165, 1.54) is 0 Å². The van der Waals surface area contributed by atoms with Crippen LogP contribution in [0.2, 0.25) is 0 Å². The molecular weight excluding hydrogens is 282 g/mol. The number of carbonyl (C=O) groups excluding carboxylic acids is 1. The summed E-state index contributed by atoms with van der Waals surface area (Å²) in [5, 5.41) is 5.30. The summed E-state index contributed by atoms with van der Waals surface area (Å²) in [5.74, 6) is 0.0688. The van der Waals surface area contributed by atoms with E-state index in [9.17, 15) is 4.79 Å². The molecule has 112 valence electrons. The lowest BCUT2D eigenvalue weighted by molar-refractivity contribution is 0.0773. The molecule has 1 aromatic carbocycles. The van der Waals surface area contributed by atoms with E-state index in [2.05, 4.69) is 5.32 Å². The molecule has 2 rings (SSSR count). The van der Waals surface area contributed by atoms with Gasteiger partial charge in [0.25, 0.3) is 5.91 Å². The summed E-state index contributed by atoms with van der Waals surface area (Å²) in [6.45, 7) is 6.09. The Morgan fingerprint density at radius 3 is 2.67 bits per heavy atom. The fraction of sp³-hybridized carbons (Fsp3) is 0.312. The monoisotopic (exact) mass is 303 g/mol. The normalized spacial score (nSPS) is 10.4. The minimum Gasteiger partial charge on any atom is -0.398 e. The highest BCUT2D eigenvalue weighted by molar-refractivity contribution is 7.10. The predicted octanol–water partition coefficient (Wildman–Crippen LogP) is 3.42. The molecule has 0 saturated carbocycles. The fourth-order valence-electron chi connectivity index (χ4n) is 2.13. The number of amides is 1.